The monoisotopic (exact) mass is 466 g/mol. The number of amides is 1. The molecule has 1 aromatic carbocycles. The number of carbonyl (C=O) groups excluding carboxylic acids is 3. The number of primary amides is 1. The zero-order valence-corrected chi connectivity index (χ0v) is 19.0. The number of likely N-dealkylation sites (N-methyl/N-ethyl adjacent to an activating group) is 1. The lowest BCUT2D eigenvalue weighted by molar-refractivity contribution is -0.148. The first-order valence-corrected chi connectivity index (χ1v) is 10.9. The molecule has 0 aliphatic heterocycles. The standard InChI is InChI=1S/C25H26N2O7/c1-4-5-6-11-7-8-15(28)17-13(11)9-12-10-14-19(27(2)3)21(30)18(24(26)33)23(32)25(14,34)22(31)16(12)20(17)29/h7-8,12,14,19,28,30-31,34H,4,9-10H2,1-3H3,(H2,26,33)/t12-,14-,19+,25-/m0/s1. The van der Waals surface area contributed by atoms with Gasteiger partial charge in [-0.15, -0.1) is 0 Å². The van der Waals surface area contributed by atoms with E-state index in [9.17, 15) is 34.8 Å². The van der Waals surface area contributed by atoms with E-state index in [1.165, 1.54) is 11.0 Å². The summed E-state index contributed by atoms with van der Waals surface area (Å²) in [5, 5.41) is 44.0. The summed E-state index contributed by atoms with van der Waals surface area (Å²) in [6, 6.07) is 1.95. The summed E-state index contributed by atoms with van der Waals surface area (Å²) in [7, 11) is 3.17. The van der Waals surface area contributed by atoms with Crippen LogP contribution in [-0.4, -0.2) is 68.5 Å². The normalized spacial score (nSPS) is 28.2. The summed E-state index contributed by atoms with van der Waals surface area (Å²) in [5.41, 5.74) is 2.73. The highest BCUT2D eigenvalue weighted by atomic mass is 16.3. The molecule has 1 amide bonds. The Morgan fingerprint density at radius 2 is 1.91 bits per heavy atom. The van der Waals surface area contributed by atoms with Gasteiger partial charge in [0, 0.05) is 23.5 Å². The molecule has 0 radical (unpaired) electrons. The number of phenols is 1. The third-order valence-electron chi connectivity index (χ3n) is 7.01. The Bertz CT molecular complexity index is 1260. The second-order valence-electron chi connectivity index (χ2n) is 9.10. The smallest absolute Gasteiger partial charge is 0.255 e. The minimum absolute atomic E-state index is 0.0383. The van der Waals surface area contributed by atoms with E-state index in [0.29, 0.717) is 17.5 Å². The zero-order valence-electron chi connectivity index (χ0n) is 19.0. The summed E-state index contributed by atoms with van der Waals surface area (Å²) in [5.74, 6) is -0.720. The molecule has 178 valence electrons. The molecule has 3 aliphatic carbocycles. The second-order valence-corrected chi connectivity index (χ2v) is 9.10. The van der Waals surface area contributed by atoms with Crippen molar-refractivity contribution in [1.29, 1.82) is 0 Å². The molecule has 9 heteroatoms. The van der Waals surface area contributed by atoms with Crippen LogP contribution in [0.4, 0.5) is 0 Å². The van der Waals surface area contributed by atoms with E-state index in [0.717, 1.165) is 0 Å². The maximum Gasteiger partial charge on any atom is 0.255 e. The second kappa shape index (κ2) is 8.01. The average molecular weight is 466 g/mol. The molecule has 4 atom stereocenters. The number of nitrogens with two attached hydrogens (primary N) is 1. The van der Waals surface area contributed by atoms with Crippen molar-refractivity contribution in [2.24, 2.45) is 17.6 Å². The van der Waals surface area contributed by atoms with Gasteiger partial charge < -0.3 is 26.2 Å². The SMILES string of the molecule is CCC#Cc1ccc(O)c2c1C[C@H]1C[C@H]3[C@@H](N(C)C)C(O)=C(C(N)=O)C(=O)[C@@]3(O)C(O)=C1C2=O. The highest BCUT2D eigenvalue weighted by molar-refractivity contribution is 6.24. The van der Waals surface area contributed by atoms with Gasteiger partial charge in [0.2, 0.25) is 5.78 Å². The molecule has 0 heterocycles. The Morgan fingerprint density at radius 3 is 2.50 bits per heavy atom. The van der Waals surface area contributed by atoms with Crippen molar-refractivity contribution in [3.63, 3.8) is 0 Å². The highest BCUT2D eigenvalue weighted by Crippen LogP contribution is 2.52. The molecule has 0 fully saturated rings. The minimum Gasteiger partial charge on any atom is -0.510 e. The summed E-state index contributed by atoms with van der Waals surface area (Å²) < 4.78 is 0. The number of benzene rings is 1. The van der Waals surface area contributed by atoms with E-state index in [2.05, 4.69) is 11.8 Å². The maximum atomic E-state index is 13.5. The lowest BCUT2D eigenvalue weighted by Gasteiger charge is -2.50. The first-order chi connectivity index (χ1) is 16.0. The van der Waals surface area contributed by atoms with Gasteiger partial charge in [-0.2, -0.15) is 0 Å². The van der Waals surface area contributed by atoms with Crippen molar-refractivity contribution in [1.82, 2.24) is 4.90 Å². The minimum atomic E-state index is -2.64. The lowest BCUT2D eigenvalue weighted by atomic mass is 9.58. The average Bonchev–Trinajstić information content (AvgIpc) is 2.75. The fourth-order valence-electron chi connectivity index (χ4n) is 5.55. The van der Waals surface area contributed by atoms with Crippen LogP contribution in [0.3, 0.4) is 0 Å². The lowest BCUT2D eigenvalue weighted by Crippen LogP contribution is -2.63. The Morgan fingerprint density at radius 1 is 1.24 bits per heavy atom. The molecule has 0 saturated heterocycles. The third-order valence-corrected chi connectivity index (χ3v) is 7.01. The highest BCUT2D eigenvalue weighted by Gasteiger charge is 2.63. The van der Waals surface area contributed by atoms with E-state index in [4.69, 9.17) is 5.73 Å². The van der Waals surface area contributed by atoms with Crippen LogP contribution < -0.4 is 5.73 Å². The van der Waals surface area contributed by atoms with Crippen LogP contribution in [0, 0.1) is 23.7 Å². The van der Waals surface area contributed by atoms with Crippen LogP contribution in [0.1, 0.15) is 41.3 Å². The molecule has 9 nitrogen and oxygen atoms in total. The largest absolute Gasteiger partial charge is 0.510 e. The van der Waals surface area contributed by atoms with E-state index in [-0.39, 0.29) is 29.7 Å². The fourth-order valence-corrected chi connectivity index (χ4v) is 5.55. The van der Waals surface area contributed by atoms with Crippen molar-refractivity contribution < 1.29 is 34.8 Å². The van der Waals surface area contributed by atoms with Crippen molar-refractivity contribution in [2.45, 2.75) is 37.8 Å². The van der Waals surface area contributed by atoms with Crippen molar-refractivity contribution in [2.75, 3.05) is 14.1 Å². The topological polar surface area (TPSA) is 161 Å². The third kappa shape index (κ3) is 3.06. The molecular formula is C25H26N2O7. The molecule has 34 heavy (non-hydrogen) atoms. The molecule has 0 saturated carbocycles. The van der Waals surface area contributed by atoms with Gasteiger partial charge in [-0.05, 0) is 50.6 Å². The number of hydrogen-bond acceptors (Lipinski definition) is 8. The van der Waals surface area contributed by atoms with Crippen LogP contribution in [0.2, 0.25) is 0 Å². The molecule has 0 bridgehead atoms. The molecular weight excluding hydrogens is 440 g/mol. The summed E-state index contributed by atoms with van der Waals surface area (Å²) in [6.45, 7) is 1.88. The molecule has 3 aliphatic rings. The first kappa shape index (κ1) is 23.5. The number of aromatic hydroxyl groups is 1. The summed E-state index contributed by atoms with van der Waals surface area (Å²) >= 11 is 0. The Hall–Kier alpha value is -3.61. The van der Waals surface area contributed by atoms with Crippen LogP contribution in [0.15, 0.2) is 34.8 Å². The number of carbonyl (C=O) groups is 3. The van der Waals surface area contributed by atoms with Gasteiger partial charge in [-0.3, -0.25) is 19.3 Å². The molecule has 0 aromatic heterocycles. The number of fused-ring (bicyclic) bond motifs is 3. The van der Waals surface area contributed by atoms with Crippen molar-refractivity contribution >= 4 is 17.5 Å². The van der Waals surface area contributed by atoms with Gasteiger partial charge in [0.15, 0.2) is 11.4 Å². The quantitative estimate of drug-likeness (QED) is 0.317. The molecule has 1 aromatic rings. The van der Waals surface area contributed by atoms with E-state index >= 15 is 0 Å². The van der Waals surface area contributed by atoms with Gasteiger partial charge in [0.1, 0.15) is 22.8 Å². The first-order valence-electron chi connectivity index (χ1n) is 10.9. The molecule has 4 rings (SSSR count). The van der Waals surface area contributed by atoms with Gasteiger partial charge >= 0.3 is 0 Å². The number of rotatable bonds is 2. The number of ketones is 2. The number of hydrogen-bond donors (Lipinski definition) is 5. The van der Waals surface area contributed by atoms with E-state index in [1.807, 2.05) is 6.92 Å². The number of phenolic OH excluding ortho intramolecular Hbond substituents is 1. The molecule has 0 unspecified atom stereocenters. The number of aliphatic hydroxyl groups excluding tert-OH is 2. The predicted molar refractivity (Wildman–Crippen MR) is 121 cm³/mol. The van der Waals surface area contributed by atoms with Crippen molar-refractivity contribution in [3.05, 3.63) is 51.5 Å². The number of aliphatic hydroxyl groups is 3. The van der Waals surface area contributed by atoms with Gasteiger partial charge in [0.25, 0.3) is 5.91 Å². The zero-order chi connectivity index (χ0) is 25.1. The number of nitrogens with zero attached hydrogens (tertiary/aromatic N) is 1. The van der Waals surface area contributed by atoms with E-state index < -0.39 is 58.0 Å². The Labute approximate surface area is 196 Å². The maximum absolute atomic E-state index is 13.5. The summed E-state index contributed by atoms with van der Waals surface area (Å²) in [6.07, 6.45) is 0.854. The van der Waals surface area contributed by atoms with E-state index in [1.54, 1.807) is 20.2 Å². The van der Waals surface area contributed by atoms with Crippen LogP contribution in [-0.2, 0) is 16.0 Å². The Balaban J connectivity index is 1.96. The Kier molecular flexibility index (Phi) is 5.55. The van der Waals surface area contributed by atoms with Crippen LogP contribution in [0.25, 0.3) is 0 Å². The van der Waals surface area contributed by atoms with Crippen LogP contribution in [0.5, 0.6) is 5.75 Å². The number of Topliss-reactive ketones (excluding diaryl/α,β-unsaturated/α-hetero) is 2. The van der Waals surface area contributed by atoms with Gasteiger partial charge in [0.05, 0.1) is 11.6 Å². The van der Waals surface area contributed by atoms with Crippen molar-refractivity contribution in [3.8, 4) is 17.6 Å². The van der Waals surface area contributed by atoms with Gasteiger partial charge in [-0.25, -0.2) is 0 Å². The number of allylic oxidation sites excluding steroid dienone is 1. The molecule has 6 N–H and O–H groups in total. The fraction of sp³-hybridized carbons (Fsp3) is 0.400. The van der Waals surface area contributed by atoms with Crippen LogP contribution >= 0.6 is 0 Å². The molecule has 0 spiro atoms. The summed E-state index contributed by atoms with van der Waals surface area (Å²) in [4.78, 5) is 40.2. The predicted octanol–water partition coefficient (Wildman–Crippen LogP) is 0.882. The van der Waals surface area contributed by atoms with Gasteiger partial charge in [-0.1, -0.05) is 18.8 Å².